The van der Waals surface area contributed by atoms with Gasteiger partial charge in [-0.2, -0.15) is 0 Å². The number of hydrogen-bond acceptors (Lipinski definition) is 4. The summed E-state index contributed by atoms with van der Waals surface area (Å²) in [5.74, 6) is 0.427. The number of nitrogens with one attached hydrogen (secondary N) is 1. The van der Waals surface area contributed by atoms with Crippen molar-refractivity contribution in [1.29, 1.82) is 0 Å². The monoisotopic (exact) mass is 514 g/mol. The molecule has 0 radical (unpaired) electrons. The maximum Gasteiger partial charge on any atom is 0.407 e. The molecule has 1 aliphatic heterocycles. The van der Waals surface area contributed by atoms with E-state index < -0.39 is 14.4 Å². The average Bonchev–Trinajstić information content (AvgIpc) is 2.83. The van der Waals surface area contributed by atoms with Gasteiger partial charge in [0.05, 0.1) is 6.10 Å². The Bertz CT molecular complexity index is 939. The van der Waals surface area contributed by atoms with Gasteiger partial charge in [-0.3, -0.25) is 0 Å². The zero-order chi connectivity index (χ0) is 26.2. The van der Waals surface area contributed by atoms with Crippen LogP contribution in [0, 0.1) is 11.7 Å². The number of rotatable bonds is 10. The highest BCUT2D eigenvalue weighted by Gasteiger charge is 2.39. The van der Waals surface area contributed by atoms with Gasteiger partial charge in [0, 0.05) is 13.1 Å². The van der Waals surface area contributed by atoms with Crippen molar-refractivity contribution in [2.24, 2.45) is 5.92 Å². The van der Waals surface area contributed by atoms with Crippen LogP contribution in [-0.4, -0.2) is 51.6 Å². The topological polar surface area (TPSA) is 50.8 Å². The molecule has 0 bridgehead atoms. The van der Waals surface area contributed by atoms with Crippen molar-refractivity contribution in [1.82, 2.24) is 10.2 Å². The summed E-state index contributed by atoms with van der Waals surface area (Å²) in [6, 6.07) is 16.6. The van der Waals surface area contributed by atoms with E-state index in [9.17, 15) is 9.18 Å². The Labute approximate surface area is 217 Å². The fraction of sp³-hybridized carbons (Fsp3) is 0.552. The first-order valence-electron chi connectivity index (χ1n) is 13.1. The van der Waals surface area contributed by atoms with Gasteiger partial charge in [-0.05, 0) is 79.7 Å². The van der Waals surface area contributed by atoms with Crippen LogP contribution < -0.4 is 5.32 Å². The summed E-state index contributed by atoms with van der Waals surface area (Å²) >= 11 is 0. The fourth-order valence-electron chi connectivity index (χ4n) is 4.32. The maximum atomic E-state index is 13.2. The first-order valence-corrected chi connectivity index (χ1v) is 16.0. The third kappa shape index (κ3) is 9.02. The van der Waals surface area contributed by atoms with Crippen LogP contribution in [0.15, 0.2) is 54.6 Å². The normalized spacial score (nSPS) is 16.5. The lowest BCUT2D eigenvalue weighted by Gasteiger charge is -2.41. The number of piperidine rings is 1. The molecule has 1 aliphatic rings. The first kappa shape index (κ1) is 28.3. The van der Waals surface area contributed by atoms with Gasteiger partial charge in [0.15, 0.2) is 8.32 Å². The van der Waals surface area contributed by atoms with Gasteiger partial charge >= 0.3 is 6.09 Å². The fourth-order valence-corrected chi connectivity index (χ4v) is 5.67. The van der Waals surface area contributed by atoms with Gasteiger partial charge in [0.25, 0.3) is 0 Å². The molecule has 1 unspecified atom stereocenters. The van der Waals surface area contributed by atoms with Crippen molar-refractivity contribution in [3.8, 4) is 0 Å². The Morgan fingerprint density at radius 2 is 1.69 bits per heavy atom. The average molecular weight is 515 g/mol. The molecular weight excluding hydrogens is 471 g/mol. The zero-order valence-corrected chi connectivity index (χ0v) is 23.6. The highest BCUT2D eigenvalue weighted by atomic mass is 28.4. The minimum atomic E-state index is -2.01. The lowest BCUT2D eigenvalue weighted by atomic mass is 9.90. The Hall–Kier alpha value is -2.22. The molecule has 2 aromatic rings. The van der Waals surface area contributed by atoms with Crippen LogP contribution in [0.5, 0.6) is 0 Å². The van der Waals surface area contributed by atoms with E-state index >= 15 is 0 Å². The molecule has 0 aliphatic carbocycles. The maximum absolute atomic E-state index is 13.2. The van der Waals surface area contributed by atoms with E-state index in [4.69, 9.17) is 9.16 Å². The van der Waals surface area contributed by atoms with Crippen molar-refractivity contribution >= 4 is 14.4 Å². The molecule has 1 atom stereocenters. The van der Waals surface area contributed by atoms with Crippen molar-refractivity contribution < 1.29 is 18.3 Å². The summed E-state index contributed by atoms with van der Waals surface area (Å²) in [6.07, 6.45) is 2.70. The molecule has 1 saturated heterocycles. The number of likely N-dealkylation sites (tertiary alicyclic amines) is 1. The summed E-state index contributed by atoms with van der Waals surface area (Å²) in [6.45, 7) is 14.7. The predicted octanol–water partition coefficient (Wildman–Crippen LogP) is 6.40. The molecule has 3 rings (SSSR count). The summed E-state index contributed by atoms with van der Waals surface area (Å²) in [4.78, 5) is 14.9. The quantitative estimate of drug-likeness (QED) is 0.373. The minimum absolute atomic E-state index is 0.0845. The largest absolute Gasteiger partial charge is 0.445 e. The van der Waals surface area contributed by atoms with Crippen LogP contribution in [-0.2, 0) is 22.2 Å². The van der Waals surface area contributed by atoms with Crippen LogP contribution in [0.2, 0.25) is 18.1 Å². The zero-order valence-electron chi connectivity index (χ0n) is 22.6. The van der Waals surface area contributed by atoms with Crippen molar-refractivity contribution in [2.75, 3.05) is 26.2 Å². The minimum Gasteiger partial charge on any atom is -0.445 e. The second kappa shape index (κ2) is 12.8. The number of carbonyl (C=O) groups excluding carboxylic acids is 1. The van der Waals surface area contributed by atoms with Crippen LogP contribution in [0.25, 0.3) is 0 Å². The van der Waals surface area contributed by atoms with E-state index in [1.165, 1.54) is 5.56 Å². The number of halogens is 1. The van der Waals surface area contributed by atoms with E-state index in [1.807, 2.05) is 42.5 Å². The third-order valence-corrected chi connectivity index (χ3v) is 12.1. The lowest BCUT2D eigenvalue weighted by Crippen LogP contribution is -2.51. The Morgan fingerprint density at radius 1 is 1.06 bits per heavy atom. The third-order valence-electron chi connectivity index (χ3n) is 7.56. The molecule has 1 heterocycles. The standard InChI is InChI=1S/C29H43FN2O3Si/c1-29(2,3)36(4,5)35-27(20-31-28(33)34-22-25-9-7-6-8-10-25)21-32-17-15-24(16-18-32)19-23-11-13-26(30)14-12-23/h6-14,24,27H,15-22H2,1-5H3,(H,31,33). The van der Waals surface area contributed by atoms with Gasteiger partial charge in [0.2, 0.25) is 0 Å². The molecule has 7 heteroatoms. The van der Waals surface area contributed by atoms with Crippen molar-refractivity contribution in [2.45, 2.75) is 70.9 Å². The molecule has 198 valence electrons. The highest BCUT2D eigenvalue weighted by Crippen LogP contribution is 2.37. The molecule has 36 heavy (non-hydrogen) atoms. The van der Waals surface area contributed by atoms with Gasteiger partial charge in [0.1, 0.15) is 12.4 Å². The van der Waals surface area contributed by atoms with Gasteiger partial charge < -0.3 is 19.4 Å². The number of ether oxygens (including phenoxy) is 1. The van der Waals surface area contributed by atoms with Gasteiger partial charge in [-0.25, -0.2) is 9.18 Å². The van der Waals surface area contributed by atoms with Crippen molar-refractivity contribution in [3.05, 3.63) is 71.5 Å². The summed E-state index contributed by atoms with van der Waals surface area (Å²) in [5.41, 5.74) is 2.16. The van der Waals surface area contributed by atoms with Gasteiger partial charge in [-0.15, -0.1) is 0 Å². The molecular formula is C29H43FN2O3Si. The molecule has 0 aromatic heterocycles. The van der Waals surface area contributed by atoms with E-state index in [1.54, 1.807) is 12.1 Å². The number of alkyl carbamates (subject to hydrolysis) is 1. The highest BCUT2D eigenvalue weighted by molar-refractivity contribution is 6.74. The van der Waals surface area contributed by atoms with Crippen molar-refractivity contribution in [3.63, 3.8) is 0 Å². The molecule has 1 amide bonds. The van der Waals surface area contributed by atoms with Crippen LogP contribution >= 0.6 is 0 Å². The van der Waals surface area contributed by atoms with E-state index in [0.29, 0.717) is 12.5 Å². The molecule has 1 fully saturated rings. The lowest BCUT2D eigenvalue weighted by molar-refractivity contribution is 0.0889. The second-order valence-corrected chi connectivity index (χ2v) is 16.3. The van der Waals surface area contributed by atoms with Crippen LogP contribution in [0.4, 0.5) is 9.18 Å². The predicted molar refractivity (Wildman–Crippen MR) is 146 cm³/mol. The Balaban J connectivity index is 1.52. The number of hydrogen-bond donors (Lipinski definition) is 1. The molecule has 5 nitrogen and oxygen atoms in total. The number of nitrogens with zero attached hydrogens (tertiary/aromatic N) is 1. The molecule has 1 N–H and O–H groups in total. The SMILES string of the molecule is CC(C)(C)[Si](C)(C)OC(CNC(=O)OCc1ccccc1)CN1CCC(Cc2ccc(F)cc2)CC1. The smallest absolute Gasteiger partial charge is 0.407 e. The molecule has 2 aromatic carbocycles. The second-order valence-electron chi connectivity index (χ2n) is 11.5. The Morgan fingerprint density at radius 3 is 2.31 bits per heavy atom. The van der Waals surface area contributed by atoms with E-state index in [2.05, 4.69) is 44.1 Å². The van der Waals surface area contributed by atoms with Crippen LogP contribution in [0.3, 0.4) is 0 Å². The Kier molecular flexibility index (Phi) is 10.1. The number of carbonyl (C=O) groups is 1. The van der Waals surface area contributed by atoms with Gasteiger partial charge in [-0.1, -0.05) is 63.2 Å². The number of benzene rings is 2. The van der Waals surface area contributed by atoms with E-state index in [-0.39, 0.29) is 23.6 Å². The number of amides is 1. The first-order chi connectivity index (χ1) is 17.0. The molecule has 0 spiro atoms. The van der Waals surface area contributed by atoms with E-state index in [0.717, 1.165) is 44.5 Å². The summed E-state index contributed by atoms with van der Waals surface area (Å²) < 4.78 is 25.4. The van der Waals surface area contributed by atoms with Crippen LogP contribution in [0.1, 0.15) is 44.7 Å². The molecule has 0 saturated carbocycles. The summed E-state index contributed by atoms with van der Waals surface area (Å²) in [7, 11) is -2.01. The summed E-state index contributed by atoms with van der Waals surface area (Å²) in [5, 5.41) is 3.03.